The molecule has 0 radical (unpaired) electrons. The third-order valence-corrected chi connectivity index (χ3v) is 2.56. The number of nitrogens with one attached hydrogen (secondary N) is 2. The van der Waals surface area contributed by atoms with E-state index in [1.807, 2.05) is 13.8 Å². The summed E-state index contributed by atoms with van der Waals surface area (Å²) < 4.78 is 4.95. The van der Waals surface area contributed by atoms with Crippen LogP contribution in [0.15, 0.2) is 0 Å². The first kappa shape index (κ1) is 14.6. The van der Waals surface area contributed by atoms with Gasteiger partial charge in [0.25, 0.3) is 5.91 Å². The number of nitrogens with zero attached hydrogens (tertiary/aromatic N) is 2. The van der Waals surface area contributed by atoms with E-state index in [4.69, 9.17) is 4.74 Å². The molecule has 0 aliphatic heterocycles. The lowest BCUT2D eigenvalue weighted by Crippen LogP contribution is -2.25. The minimum absolute atomic E-state index is 0.218. The van der Waals surface area contributed by atoms with Crippen molar-refractivity contribution in [1.29, 1.82) is 0 Å². The highest BCUT2D eigenvalue weighted by atomic mass is 16.5. The average molecular weight is 254 g/mol. The van der Waals surface area contributed by atoms with Crippen molar-refractivity contribution < 1.29 is 9.53 Å². The molecule has 0 aliphatic carbocycles. The molecule has 1 aromatic rings. The quantitative estimate of drug-likeness (QED) is 0.688. The first-order valence-corrected chi connectivity index (χ1v) is 6.34. The number of carbonyl (C=O) groups is 1. The first-order chi connectivity index (χ1) is 8.65. The Kier molecular flexibility index (Phi) is 6.35. The van der Waals surface area contributed by atoms with Gasteiger partial charge in [0.05, 0.1) is 0 Å². The Morgan fingerprint density at radius 2 is 2.17 bits per heavy atom. The van der Waals surface area contributed by atoms with E-state index < -0.39 is 0 Å². The lowest BCUT2D eigenvalue weighted by atomic mass is 10.2. The smallest absolute Gasteiger partial charge is 0.290 e. The Bertz CT molecular complexity index is 363. The molecule has 2 N–H and O–H groups in total. The van der Waals surface area contributed by atoms with E-state index >= 15 is 0 Å². The van der Waals surface area contributed by atoms with Crippen molar-refractivity contribution in [3.05, 3.63) is 11.6 Å². The van der Waals surface area contributed by atoms with Crippen LogP contribution in [-0.2, 0) is 4.74 Å². The van der Waals surface area contributed by atoms with Gasteiger partial charge in [-0.3, -0.25) is 9.89 Å². The Morgan fingerprint density at radius 1 is 1.39 bits per heavy atom. The van der Waals surface area contributed by atoms with Gasteiger partial charge in [-0.1, -0.05) is 13.8 Å². The molecule has 18 heavy (non-hydrogen) atoms. The van der Waals surface area contributed by atoms with Gasteiger partial charge >= 0.3 is 0 Å². The number of H-pyrrole nitrogens is 1. The maximum absolute atomic E-state index is 11.7. The zero-order valence-electron chi connectivity index (χ0n) is 11.3. The second-order valence-corrected chi connectivity index (χ2v) is 4.51. The topological polar surface area (TPSA) is 79.9 Å². The summed E-state index contributed by atoms with van der Waals surface area (Å²) in [6, 6.07) is 0. The summed E-state index contributed by atoms with van der Waals surface area (Å²) in [6.45, 7) is 5.41. The molecule has 0 saturated carbocycles. The average Bonchev–Trinajstić information content (AvgIpc) is 2.83. The van der Waals surface area contributed by atoms with Gasteiger partial charge in [0, 0.05) is 26.2 Å². The molecular formula is C12H22N4O2. The third-order valence-electron chi connectivity index (χ3n) is 2.56. The molecule has 1 rings (SSSR count). The number of carbonyl (C=O) groups excluding carboxylic acids is 1. The molecule has 0 atom stereocenters. The fraction of sp³-hybridized carbons (Fsp3) is 0.750. The van der Waals surface area contributed by atoms with Crippen LogP contribution in [0.3, 0.4) is 0 Å². The van der Waals surface area contributed by atoms with Crippen molar-refractivity contribution >= 4 is 5.91 Å². The number of aromatic amines is 1. The van der Waals surface area contributed by atoms with Crippen molar-refractivity contribution in [2.75, 3.05) is 20.3 Å². The second kappa shape index (κ2) is 7.81. The van der Waals surface area contributed by atoms with Crippen LogP contribution in [0.5, 0.6) is 0 Å². The fourth-order valence-corrected chi connectivity index (χ4v) is 1.46. The number of rotatable bonds is 8. The molecule has 1 heterocycles. The Labute approximate surface area is 108 Å². The summed E-state index contributed by atoms with van der Waals surface area (Å²) in [5.41, 5.74) is 0. The summed E-state index contributed by atoms with van der Waals surface area (Å²) in [7, 11) is 1.69. The number of unbranched alkanes of at least 4 members (excludes halogenated alkanes) is 2. The zero-order chi connectivity index (χ0) is 13.4. The molecule has 6 nitrogen and oxygen atoms in total. The van der Waals surface area contributed by atoms with Crippen LogP contribution in [0.1, 0.15) is 55.5 Å². The SMILES string of the molecule is COCCCCCNC(=O)c1n[nH]c(C(C)C)n1. The van der Waals surface area contributed by atoms with Gasteiger partial charge in [-0.25, -0.2) is 4.98 Å². The summed E-state index contributed by atoms with van der Waals surface area (Å²) >= 11 is 0. The van der Waals surface area contributed by atoms with Gasteiger partial charge in [0.1, 0.15) is 5.82 Å². The highest BCUT2D eigenvalue weighted by Gasteiger charge is 2.13. The van der Waals surface area contributed by atoms with E-state index in [-0.39, 0.29) is 17.6 Å². The number of aromatic nitrogens is 3. The van der Waals surface area contributed by atoms with E-state index in [0.29, 0.717) is 6.54 Å². The van der Waals surface area contributed by atoms with Crippen molar-refractivity contribution in [3.8, 4) is 0 Å². The highest BCUT2D eigenvalue weighted by Crippen LogP contribution is 2.07. The molecule has 6 heteroatoms. The van der Waals surface area contributed by atoms with Crippen LogP contribution in [0.2, 0.25) is 0 Å². The Morgan fingerprint density at radius 3 is 2.78 bits per heavy atom. The van der Waals surface area contributed by atoms with E-state index in [1.54, 1.807) is 7.11 Å². The molecule has 0 aromatic carbocycles. The monoisotopic (exact) mass is 254 g/mol. The van der Waals surface area contributed by atoms with Crippen molar-refractivity contribution in [2.45, 2.75) is 39.0 Å². The minimum Gasteiger partial charge on any atom is -0.385 e. The van der Waals surface area contributed by atoms with Gasteiger partial charge in [0.15, 0.2) is 0 Å². The minimum atomic E-state index is -0.218. The van der Waals surface area contributed by atoms with Crippen LogP contribution >= 0.6 is 0 Å². The van der Waals surface area contributed by atoms with Gasteiger partial charge in [0.2, 0.25) is 5.82 Å². The molecule has 102 valence electrons. The van der Waals surface area contributed by atoms with Crippen LogP contribution < -0.4 is 5.32 Å². The van der Waals surface area contributed by atoms with E-state index in [1.165, 1.54) is 0 Å². The molecule has 0 saturated heterocycles. The predicted octanol–water partition coefficient (Wildman–Crippen LogP) is 1.47. The molecule has 0 aliphatic rings. The summed E-state index contributed by atoms with van der Waals surface area (Å²) in [6.07, 6.45) is 3.00. The van der Waals surface area contributed by atoms with Crippen LogP contribution in [0.25, 0.3) is 0 Å². The third kappa shape index (κ3) is 4.83. The van der Waals surface area contributed by atoms with Gasteiger partial charge in [-0.15, -0.1) is 5.10 Å². The number of amides is 1. The summed E-state index contributed by atoms with van der Waals surface area (Å²) in [5, 5.41) is 9.47. The summed E-state index contributed by atoms with van der Waals surface area (Å²) in [4.78, 5) is 15.8. The predicted molar refractivity (Wildman–Crippen MR) is 68.5 cm³/mol. The lowest BCUT2D eigenvalue weighted by molar-refractivity contribution is 0.0942. The van der Waals surface area contributed by atoms with Crippen molar-refractivity contribution in [3.63, 3.8) is 0 Å². The fourth-order valence-electron chi connectivity index (χ4n) is 1.46. The highest BCUT2D eigenvalue weighted by molar-refractivity contribution is 5.90. The van der Waals surface area contributed by atoms with E-state index in [0.717, 1.165) is 31.7 Å². The molecule has 1 amide bonds. The van der Waals surface area contributed by atoms with Crippen molar-refractivity contribution in [2.24, 2.45) is 0 Å². The molecule has 1 aromatic heterocycles. The maximum atomic E-state index is 11.7. The van der Waals surface area contributed by atoms with Crippen LogP contribution in [-0.4, -0.2) is 41.3 Å². The maximum Gasteiger partial charge on any atom is 0.290 e. The van der Waals surface area contributed by atoms with Crippen LogP contribution in [0.4, 0.5) is 0 Å². The van der Waals surface area contributed by atoms with Crippen molar-refractivity contribution in [1.82, 2.24) is 20.5 Å². The largest absolute Gasteiger partial charge is 0.385 e. The number of ether oxygens (including phenoxy) is 1. The second-order valence-electron chi connectivity index (χ2n) is 4.51. The lowest BCUT2D eigenvalue weighted by Gasteiger charge is -2.02. The molecule has 0 fully saturated rings. The van der Waals surface area contributed by atoms with Gasteiger partial charge < -0.3 is 10.1 Å². The summed E-state index contributed by atoms with van der Waals surface area (Å²) in [5.74, 6) is 0.980. The Balaban J connectivity index is 2.23. The standard InChI is InChI=1S/C12H22N4O2/c1-9(2)10-14-11(16-15-10)12(17)13-7-5-4-6-8-18-3/h9H,4-8H2,1-3H3,(H,13,17)(H,14,15,16). The molecular weight excluding hydrogens is 232 g/mol. The molecule has 0 bridgehead atoms. The first-order valence-electron chi connectivity index (χ1n) is 6.34. The van der Waals surface area contributed by atoms with E-state index in [9.17, 15) is 4.79 Å². The number of methoxy groups -OCH3 is 1. The van der Waals surface area contributed by atoms with Gasteiger partial charge in [-0.2, -0.15) is 0 Å². The van der Waals surface area contributed by atoms with Crippen LogP contribution in [0, 0.1) is 0 Å². The van der Waals surface area contributed by atoms with Gasteiger partial charge in [-0.05, 0) is 19.3 Å². The zero-order valence-corrected chi connectivity index (χ0v) is 11.3. The molecule has 0 spiro atoms. The number of hydrogen-bond acceptors (Lipinski definition) is 4. The normalized spacial score (nSPS) is 10.9. The Hall–Kier alpha value is -1.43. The molecule has 0 unspecified atom stereocenters. The number of hydrogen-bond donors (Lipinski definition) is 2. The van der Waals surface area contributed by atoms with E-state index in [2.05, 4.69) is 20.5 Å².